The van der Waals surface area contributed by atoms with Gasteiger partial charge >= 0.3 is 0 Å². The summed E-state index contributed by atoms with van der Waals surface area (Å²) in [6, 6.07) is 3.96. The van der Waals surface area contributed by atoms with E-state index in [1.165, 1.54) is 0 Å². The molecule has 0 saturated heterocycles. The Morgan fingerprint density at radius 2 is 2.21 bits per heavy atom. The molecule has 1 atom stereocenters. The van der Waals surface area contributed by atoms with Crippen LogP contribution in [0, 0.1) is 0 Å². The molecule has 0 radical (unpaired) electrons. The number of nitrogens with two attached hydrogens (primary N) is 1. The Balaban J connectivity index is 2.32. The lowest BCUT2D eigenvalue weighted by Gasteiger charge is -2.09. The zero-order chi connectivity index (χ0) is 9.97. The molecule has 0 saturated carbocycles. The molecule has 2 rings (SSSR count). The lowest BCUT2D eigenvalue weighted by atomic mass is 10.1. The first kappa shape index (κ1) is 9.83. The molecule has 0 bridgehead atoms. The summed E-state index contributed by atoms with van der Waals surface area (Å²) >= 11 is 5.03. The highest BCUT2D eigenvalue weighted by Gasteiger charge is 2.09. The Bertz CT molecular complexity index is 414. The van der Waals surface area contributed by atoms with E-state index in [-0.39, 0.29) is 6.04 Å². The molecular formula is C10H9BrN2S. The Labute approximate surface area is 94.9 Å². The molecular weight excluding hydrogens is 260 g/mol. The first-order valence-electron chi connectivity index (χ1n) is 4.15. The third-order valence-corrected chi connectivity index (χ3v) is 3.12. The summed E-state index contributed by atoms with van der Waals surface area (Å²) in [6.45, 7) is 0. The van der Waals surface area contributed by atoms with E-state index in [2.05, 4.69) is 26.3 Å². The molecule has 2 N–H and O–H groups in total. The molecule has 14 heavy (non-hydrogen) atoms. The number of nitrogens with zero attached hydrogens (tertiary/aromatic N) is 1. The Morgan fingerprint density at radius 3 is 2.86 bits per heavy atom. The maximum Gasteiger partial charge on any atom is 0.0575 e. The predicted molar refractivity (Wildman–Crippen MR) is 62.3 cm³/mol. The van der Waals surface area contributed by atoms with Crippen LogP contribution in [0.5, 0.6) is 0 Å². The molecule has 4 heteroatoms. The van der Waals surface area contributed by atoms with Gasteiger partial charge in [0.05, 0.1) is 6.04 Å². The Morgan fingerprint density at radius 1 is 1.36 bits per heavy atom. The summed E-state index contributed by atoms with van der Waals surface area (Å²) in [5, 5.41) is 4.09. The van der Waals surface area contributed by atoms with Crippen molar-refractivity contribution in [2.24, 2.45) is 5.73 Å². The molecule has 0 spiro atoms. The van der Waals surface area contributed by atoms with Crippen LogP contribution in [0.4, 0.5) is 0 Å². The Hall–Kier alpha value is -0.710. The minimum Gasteiger partial charge on any atom is -0.320 e. The topological polar surface area (TPSA) is 38.9 Å². The lowest BCUT2D eigenvalue weighted by Crippen LogP contribution is -2.10. The van der Waals surface area contributed by atoms with Crippen LogP contribution in [0.3, 0.4) is 0 Å². The van der Waals surface area contributed by atoms with Crippen molar-refractivity contribution < 1.29 is 0 Å². The minimum atomic E-state index is -0.0775. The molecule has 0 amide bonds. The van der Waals surface area contributed by atoms with Gasteiger partial charge in [-0.05, 0) is 49.9 Å². The molecule has 0 fully saturated rings. The van der Waals surface area contributed by atoms with E-state index in [9.17, 15) is 0 Å². The number of hydrogen-bond donors (Lipinski definition) is 1. The third kappa shape index (κ3) is 2.03. The number of rotatable bonds is 2. The predicted octanol–water partition coefficient (Wildman–Crippen LogP) is 2.95. The number of aromatic nitrogens is 1. The zero-order valence-electron chi connectivity index (χ0n) is 7.35. The monoisotopic (exact) mass is 268 g/mol. The second-order valence-corrected chi connectivity index (χ2v) is 4.67. The fraction of sp³-hybridized carbons (Fsp3) is 0.100. The maximum atomic E-state index is 6.08. The van der Waals surface area contributed by atoms with Crippen LogP contribution >= 0.6 is 27.3 Å². The van der Waals surface area contributed by atoms with E-state index in [1.807, 2.05) is 17.5 Å². The quantitative estimate of drug-likeness (QED) is 0.910. The smallest absolute Gasteiger partial charge is 0.0575 e. The average molecular weight is 269 g/mol. The van der Waals surface area contributed by atoms with Crippen molar-refractivity contribution in [2.75, 3.05) is 0 Å². The van der Waals surface area contributed by atoms with Crippen molar-refractivity contribution in [3.8, 4) is 0 Å². The highest BCUT2D eigenvalue weighted by molar-refractivity contribution is 9.10. The summed E-state index contributed by atoms with van der Waals surface area (Å²) in [7, 11) is 0. The molecule has 72 valence electrons. The van der Waals surface area contributed by atoms with Crippen LogP contribution in [-0.2, 0) is 0 Å². The maximum absolute atomic E-state index is 6.08. The normalized spacial score (nSPS) is 12.7. The number of halogens is 1. The fourth-order valence-corrected chi connectivity index (χ4v) is 2.32. The van der Waals surface area contributed by atoms with E-state index < -0.39 is 0 Å². The molecule has 2 aromatic rings. The SMILES string of the molecule is N[C@H](c1ccsc1)c1cncc(Br)c1. The summed E-state index contributed by atoms with van der Waals surface area (Å²) in [5.41, 5.74) is 8.24. The largest absolute Gasteiger partial charge is 0.320 e. The fourth-order valence-electron chi connectivity index (χ4n) is 1.24. The molecule has 0 aromatic carbocycles. The van der Waals surface area contributed by atoms with E-state index >= 15 is 0 Å². The average Bonchev–Trinajstić information content (AvgIpc) is 2.69. The van der Waals surface area contributed by atoms with Crippen molar-refractivity contribution >= 4 is 27.3 Å². The second kappa shape index (κ2) is 4.21. The molecule has 0 aliphatic carbocycles. The minimum absolute atomic E-state index is 0.0775. The van der Waals surface area contributed by atoms with E-state index in [4.69, 9.17) is 5.73 Å². The van der Waals surface area contributed by atoms with Crippen molar-refractivity contribution in [1.29, 1.82) is 0 Å². The van der Waals surface area contributed by atoms with Gasteiger partial charge in [0.1, 0.15) is 0 Å². The van der Waals surface area contributed by atoms with Gasteiger partial charge < -0.3 is 5.73 Å². The van der Waals surface area contributed by atoms with Crippen molar-refractivity contribution in [3.05, 3.63) is 50.9 Å². The highest BCUT2D eigenvalue weighted by Crippen LogP contribution is 2.22. The lowest BCUT2D eigenvalue weighted by molar-refractivity contribution is 0.867. The van der Waals surface area contributed by atoms with Gasteiger partial charge in [-0.2, -0.15) is 11.3 Å². The van der Waals surface area contributed by atoms with Gasteiger partial charge in [-0.1, -0.05) is 0 Å². The highest BCUT2D eigenvalue weighted by atomic mass is 79.9. The van der Waals surface area contributed by atoms with E-state index in [1.54, 1.807) is 23.7 Å². The van der Waals surface area contributed by atoms with Crippen LogP contribution in [-0.4, -0.2) is 4.98 Å². The van der Waals surface area contributed by atoms with Gasteiger partial charge in [-0.15, -0.1) is 0 Å². The van der Waals surface area contributed by atoms with Crippen LogP contribution in [0.2, 0.25) is 0 Å². The summed E-state index contributed by atoms with van der Waals surface area (Å²) in [5.74, 6) is 0. The molecule has 0 unspecified atom stereocenters. The first-order valence-corrected chi connectivity index (χ1v) is 5.89. The number of pyridine rings is 1. The van der Waals surface area contributed by atoms with Crippen LogP contribution < -0.4 is 5.73 Å². The van der Waals surface area contributed by atoms with Gasteiger partial charge in [0.15, 0.2) is 0 Å². The molecule has 0 aliphatic rings. The molecule has 2 heterocycles. The zero-order valence-corrected chi connectivity index (χ0v) is 9.75. The van der Waals surface area contributed by atoms with Gasteiger partial charge in [0.2, 0.25) is 0 Å². The van der Waals surface area contributed by atoms with Crippen molar-refractivity contribution in [3.63, 3.8) is 0 Å². The molecule has 2 nitrogen and oxygen atoms in total. The van der Waals surface area contributed by atoms with Crippen LogP contribution in [0.25, 0.3) is 0 Å². The first-order chi connectivity index (χ1) is 6.77. The van der Waals surface area contributed by atoms with Gasteiger partial charge in [0, 0.05) is 16.9 Å². The summed E-state index contributed by atoms with van der Waals surface area (Å²) in [4.78, 5) is 4.09. The van der Waals surface area contributed by atoms with Gasteiger partial charge in [0.25, 0.3) is 0 Å². The standard InChI is InChI=1S/C10H9BrN2S/c11-9-3-8(4-13-5-9)10(12)7-1-2-14-6-7/h1-6,10H,12H2/t10-/m1/s1. The summed E-state index contributed by atoms with van der Waals surface area (Å²) in [6.07, 6.45) is 3.55. The van der Waals surface area contributed by atoms with Gasteiger partial charge in [-0.25, -0.2) is 0 Å². The van der Waals surface area contributed by atoms with Gasteiger partial charge in [-0.3, -0.25) is 4.98 Å². The second-order valence-electron chi connectivity index (χ2n) is 2.97. The molecule has 2 aromatic heterocycles. The van der Waals surface area contributed by atoms with Crippen LogP contribution in [0.1, 0.15) is 17.2 Å². The van der Waals surface area contributed by atoms with Crippen molar-refractivity contribution in [2.45, 2.75) is 6.04 Å². The van der Waals surface area contributed by atoms with Crippen LogP contribution in [0.15, 0.2) is 39.8 Å². The van der Waals surface area contributed by atoms with Crippen molar-refractivity contribution in [1.82, 2.24) is 4.98 Å². The number of hydrogen-bond acceptors (Lipinski definition) is 3. The molecule has 0 aliphatic heterocycles. The van der Waals surface area contributed by atoms with E-state index in [0.717, 1.165) is 15.6 Å². The van der Waals surface area contributed by atoms with E-state index in [0.29, 0.717) is 0 Å². The number of thiophene rings is 1. The Kier molecular flexibility index (Phi) is 2.96. The summed E-state index contributed by atoms with van der Waals surface area (Å²) < 4.78 is 0.959. The third-order valence-electron chi connectivity index (χ3n) is 1.99.